The highest BCUT2D eigenvalue weighted by Crippen LogP contribution is 2.50. The van der Waals surface area contributed by atoms with Gasteiger partial charge in [0.15, 0.2) is 0 Å². The molecule has 0 N–H and O–H groups in total. The van der Waals surface area contributed by atoms with Gasteiger partial charge in [-0.25, -0.2) is 14.4 Å². The topological polar surface area (TPSA) is 107 Å². The fourth-order valence-electron chi connectivity index (χ4n) is 8.36. The third-order valence-corrected chi connectivity index (χ3v) is 10.8. The third-order valence-electron chi connectivity index (χ3n) is 10.8. The Labute approximate surface area is 393 Å². The van der Waals surface area contributed by atoms with Gasteiger partial charge in [0.05, 0.1) is 0 Å². The van der Waals surface area contributed by atoms with E-state index in [-0.39, 0.29) is 11.2 Å². The Balaban J connectivity index is 1.88. The molecule has 0 aliphatic rings. The molecule has 5 aromatic carbocycles. The van der Waals surface area contributed by atoms with Crippen molar-refractivity contribution in [2.24, 2.45) is 5.41 Å². The standard InChI is InChI=1S/C57H70O9/c1-36(41-29-23-31-43(38-25-19-17-20-26-38)47(41)61-50(58)64-54(6,7)8)45-33-40(57(15,16)35-53(3,4)5)34-46(49(45)63-52(60)66-56(12,13)14)37(2)42-30-24-32-44(39-27-21-18-22-28-39)48(42)62-51(59)65-55(9,10)11/h17-34,36-37H,35H2,1-16H3. The van der Waals surface area contributed by atoms with E-state index >= 15 is 0 Å². The summed E-state index contributed by atoms with van der Waals surface area (Å²) in [5.74, 6) is -0.236. The SMILES string of the molecule is CC(c1cccc(-c2ccccc2)c1OC(=O)OC(C)(C)C)c1cc(C(C)(C)CC(C)(C)C)cc(C(C)c2cccc(-c3ccccc3)c2OC(=O)OC(C)(C)C)c1OC(=O)OC(C)(C)C. The van der Waals surface area contributed by atoms with Crippen molar-refractivity contribution in [2.75, 3.05) is 0 Å². The summed E-state index contributed by atoms with van der Waals surface area (Å²) in [5, 5.41) is 0. The molecule has 352 valence electrons. The zero-order valence-corrected chi connectivity index (χ0v) is 41.9. The van der Waals surface area contributed by atoms with Crippen molar-refractivity contribution in [1.82, 2.24) is 0 Å². The molecule has 2 unspecified atom stereocenters. The summed E-state index contributed by atoms with van der Waals surface area (Å²) in [6, 6.07) is 35.1. The van der Waals surface area contributed by atoms with Crippen LogP contribution in [0.3, 0.4) is 0 Å². The van der Waals surface area contributed by atoms with Crippen LogP contribution in [0.4, 0.5) is 14.4 Å². The van der Waals surface area contributed by atoms with Gasteiger partial charge in [0.2, 0.25) is 0 Å². The van der Waals surface area contributed by atoms with Crippen LogP contribution in [-0.4, -0.2) is 35.3 Å². The molecule has 9 nitrogen and oxygen atoms in total. The fraction of sp³-hybridized carbons (Fsp3) is 0.421. The molecule has 0 amide bonds. The predicted octanol–water partition coefficient (Wildman–Crippen LogP) is 16.0. The van der Waals surface area contributed by atoms with E-state index in [0.717, 1.165) is 23.1 Å². The molecule has 9 heteroatoms. The number of hydrogen-bond donors (Lipinski definition) is 0. The minimum atomic E-state index is -0.891. The third kappa shape index (κ3) is 13.7. The van der Waals surface area contributed by atoms with Gasteiger partial charge >= 0.3 is 18.5 Å². The van der Waals surface area contributed by atoms with E-state index in [2.05, 4.69) is 46.8 Å². The first-order valence-corrected chi connectivity index (χ1v) is 22.8. The number of carbonyl (C=O) groups is 3. The molecule has 0 bridgehead atoms. The second kappa shape index (κ2) is 19.8. The summed E-state index contributed by atoms with van der Waals surface area (Å²) in [6.07, 6.45) is -1.79. The van der Waals surface area contributed by atoms with Gasteiger partial charge in [0, 0.05) is 45.2 Å². The van der Waals surface area contributed by atoms with Gasteiger partial charge in [-0.2, -0.15) is 0 Å². The first kappa shape index (κ1) is 50.9. The lowest BCUT2D eigenvalue weighted by atomic mass is 9.70. The molecule has 2 atom stereocenters. The van der Waals surface area contributed by atoms with Gasteiger partial charge in [-0.3, -0.25) is 0 Å². The van der Waals surface area contributed by atoms with Crippen LogP contribution in [0.15, 0.2) is 109 Å². The lowest BCUT2D eigenvalue weighted by Crippen LogP contribution is -2.28. The summed E-state index contributed by atoms with van der Waals surface area (Å²) in [7, 11) is 0. The summed E-state index contributed by atoms with van der Waals surface area (Å²) in [5.41, 5.74) is 3.63. The molecule has 0 spiro atoms. The minimum absolute atomic E-state index is 0.0658. The molecule has 5 aromatic rings. The van der Waals surface area contributed by atoms with Gasteiger partial charge in [-0.05, 0) is 96.3 Å². The van der Waals surface area contributed by atoms with Crippen molar-refractivity contribution >= 4 is 18.5 Å². The largest absolute Gasteiger partial charge is 0.514 e. The van der Waals surface area contributed by atoms with Crippen molar-refractivity contribution in [3.63, 3.8) is 0 Å². The summed E-state index contributed by atoms with van der Waals surface area (Å²) in [4.78, 5) is 41.3. The maximum absolute atomic E-state index is 14.1. The molecule has 66 heavy (non-hydrogen) atoms. The van der Waals surface area contributed by atoms with Crippen molar-refractivity contribution in [1.29, 1.82) is 0 Å². The summed E-state index contributed by atoms with van der Waals surface area (Å²) < 4.78 is 36.2. The van der Waals surface area contributed by atoms with Crippen LogP contribution < -0.4 is 14.2 Å². The molecule has 0 saturated heterocycles. The van der Waals surface area contributed by atoms with Gasteiger partial charge < -0.3 is 28.4 Å². The van der Waals surface area contributed by atoms with Crippen LogP contribution in [0.25, 0.3) is 22.3 Å². The molecule has 0 fully saturated rings. The monoisotopic (exact) mass is 899 g/mol. The van der Waals surface area contributed by atoms with E-state index in [1.807, 2.05) is 111 Å². The maximum Gasteiger partial charge on any atom is 0.514 e. The first-order chi connectivity index (χ1) is 30.5. The number of rotatable bonds is 11. The van der Waals surface area contributed by atoms with E-state index in [9.17, 15) is 14.4 Å². The Morgan fingerprint density at radius 1 is 0.424 bits per heavy atom. The average molecular weight is 899 g/mol. The van der Waals surface area contributed by atoms with Crippen LogP contribution in [0, 0.1) is 5.41 Å². The molecule has 0 aromatic heterocycles. The second-order valence-corrected chi connectivity index (χ2v) is 21.9. The van der Waals surface area contributed by atoms with Crippen molar-refractivity contribution in [2.45, 2.75) is 151 Å². The highest BCUT2D eigenvalue weighted by molar-refractivity contribution is 5.79. The highest BCUT2D eigenvalue weighted by atomic mass is 16.7. The Morgan fingerprint density at radius 2 is 0.758 bits per heavy atom. The van der Waals surface area contributed by atoms with Crippen molar-refractivity contribution in [3.05, 3.63) is 137 Å². The Morgan fingerprint density at radius 3 is 1.08 bits per heavy atom. The van der Waals surface area contributed by atoms with E-state index < -0.39 is 52.5 Å². The predicted molar refractivity (Wildman–Crippen MR) is 263 cm³/mol. The van der Waals surface area contributed by atoms with Gasteiger partial charge in [-0.15, -0.1) is 0 Å². The van der Waals surface area contributed by atoms with Crippen LogP contribution in [0.1, 0.15) is 157 Å². The van der Waals surface area contributed by atoms with Gasteiger partial charge in [-0.1, -0.05) is 158 Å². The first-order valence-electron chi connectivity index (χ1n) is 22.8. The van der Waals surface area contributed by atoms with E-state index in [1.54, 1.807) is 62.3 Å². The van der Waals surface area contributed by atoms with Crippen LogP contribution in [0.2, 0.25) is 0 Å². The van der Waals surface area contributed by atoms with Crippen molar-refractivity contribution < 1.29 is 42.8 Å². The van der Waals surface area contributed by atoms with Crippen LogP contribution in [-0.2, 0) is 19.6 Å². The second-order valence-electron chi connectivity index (χ2n) is 21.9. The fourth-order valence-corrected chi connectivity index (χ4v) is 8.36. The zero-order valence-electron chi connectivity index (χ0n) is 41.9. The summed E-state index contributed by atoms with van der Waals surface area (Å²) in [6.45, 7) is 31.1. The normalized spacial score (nSPS) is 13.3. The number of ether oxygens (including phenoxy) is 6. The molecule has 0 aliphatic carbocycles. The Hall–Kier alpha value is -6.09. The molecule has 0 aliphatic heterocycles. The van der Waals surface area contributed by atoms with Crippen molar-refractivity contribution in [3.8, 4) is 39.5 Å². The number of hydrogen-bond acceptors (Lipinski definition) is 9. The lowest BCUT2D eigenvalue weighted by Gasteiger charge is -2.35. The quantitative estimate of drug-likeness (QED) is 0.0727. The number of carbonyl (C=O) groups excluding carboxylic acids is 3. The molecule has 5 rings (SSSR count). The molecular weight excluding hydrogens is 829 g/mol. The maximum atomic E-state index is 14.1. The molecule has 0 heterocycles. The smallest absolute Gasteiger partial charge is 0.428 e. The summed E-state index contributed by atoms with van der Waals surface area (Å²) >= 11 is 0. The number of para-hydroxylation sites is 2. The van der Waals surface area contributed by atoms with Crippen LogP contribution >= 0.6 is 0 Å². The molecule has 0 radical (unpaired) electrons. The molecule has 0 saturated carbocycles. The molecular formula is C57H70O9. The van der Waals surface area contributed by atoms with E-state index in [4.69, 9.17) is 28.4 Å². The number of benzene rings is 5. The van der Waals surface area contributed by atoms with Gasteiger partial charge in [0.1, 0.15) is 34.1 Å². The minimum Gasteiger partial charge on any atom is -0.428 e. The lowest BCUT2D eigenvalue weighted by molar-refractivity contribution is 0.0192. The van der Waals surface area contributed by atoms with Crippen LogP contribution in [0.5, 0.6) is 17.2 Å². The average Bonchev–Trinajstić information content (AvgIpc) is 3.18. The van der Waals surface area contributed by atoms with E-state index in [1.165, 1.54) is 0 Å². The van der Waals surface area contributed by atoms with Gasteiger partial charge in [0.25, 0.3) is 0 Å². The zero-order chi connectivity index (χ0) is 49.0. The Kier molecular flexibility index (Phi) is 15.3. The highest BCUT2D eigenvalue weighted by Gasteiger charge is 2.35. The Bertz CT molecular complexity index is 2350. The van der Waals surface area contributed by atoms with E-state index in [0.29, 0.717) is 44.9 Å².